The Morgan fingerprint density at radius 3 is 2.86 bits per heavy atom. The lowest BCUT2D eigenvalue weighted by Gasteiger charge is -2.19. The van der Waals surface area contributed by atoms with Gasteiger partial charge in [-0.05, 0) is 37.3 Å². The van der Waals surface area contributed by atoms with Crippen molar-refractivity contribution in [3.05, 3.63) is 59.5 Å². The molecule has 0 spiro atoms. The number of hydrogen-bond acceptors (Lipinski definition) is 6. The summed E-state index contributed by atoms with van der Waals surface area (Å²) in [6.07, 6.45) is 3.99. The summed E-state index contributed by atoms with van der Waals surface area (Å²) >= 11 is 1.57. The van der Waals surface area contributed by atoms with Crippen LogP contribution in [-0.4, -0.2) is 31.7 Å². The minimum atomic E-state index is -0.578. The second kappa shape index (κ2) is 7.57. The summed E-state index contributed by atoms with van der Waals surface area (Å²) in [7, 11) is 0. The van der Waals surface area contributed by atoms with E-state index >= 15 is 0 Å². The average molecular weight is 396 g/mol. The summed E-state index contributed by atoms with van der Waals surface area (Å²) in [5, 5.41) is 11.8. The Kier molecular flexibility index (Phi) is 4.97. The predicted molar refractivity (Wildman–Crippen MR) is 107 cm³/mol. The van der Waals surface area contributed by atoms with E-state index in [1.165, 1.54) is 0 Å². The predicted octanol–water partition coefficient (Wildman–Crippen LogP) is 3.60. The number of rotatable bonds is 7. The summed E-state index contributed by atoms with van der Waals surface area (Å²) in [4.78, 5) is 21.1. The van der Waals surface area contributed by atoms with Crippen molar-refractivity contribution < 1.29 is 14.3 Å². The molecule has 0 aliphatic rings. The topological polar surface area (TPSA) is 107 Å². The van der Waals surface area contributed by atoms with Gasteiger partial charge in [0.05, 0.1) is 23.4 Å². The lowest BCUT2D eigenvalue weighted by Crippen LogP contribution is -2.14. The summed E-state index contributed by atoms with van der Waals surface area (Å²) < 4.78 is 7.96. The first-order valence-electron chi connectivity index (χ1n) is 8.97. The largest absolute Gasteiger partial charge is 0.435 e. The smallest absolute Gasteiger partial charge is 0.268 e. The SMILES string of the molecule is C[C@H](O)CCC(c1cccc2nc(-c3cccs3)oc12)n1cnc(C(N)=O)c1. The van der Waals surface area contributed by atoms with Gasteiger partial charge in [-0.25, -0.2) is 9.97 Å². The van der Waals surface area contributed by atoms with Crippen molar-refractivity contribution in [3.8, 4) is 10.8 Å². The second-order valence-corrected chi connectivity index (χ2v) is 7.65. The lowest BCUT2D eigenvalue weighted by molar-refractivity contribution is 0.0996. The first-order valence-corrected chi connectivity index (χ1v) is 9.85. The van der Waals surface area contributed by atoms with Gasteiger partial charge in [-0.3, -0.25) is 4.79 Å². The Bertz CT molecular complexity index is 1100. The van der Waals surface area contributed by atoms with E-state index in [-0.39, 0.29) is 11.7 Å². The number of nitrogens with two attached hydrogens (primary N) is 1. The number of amides is 1. The molecule has 0 saturated carbocycles. The number of aliphatic hydroxyl groups is 1. The highest BCUT2D eigenvalue weighted by molar-refractivity contribution is 7.13. The van der Waals surface area contributed by atoms with Gasteiger partial charge in [0.25, 0.3) is 5.91 Å². The molecule has 7 nitrogen and oxygen atoms in total. The first-order chi connectivity index (χ1) is 13.5. The van der Waals surface area contributed by atoms with Crippen LogP contribution in [0.5, 0.6) is 0 Å². The number of para-hydroxylation sites is 1. The van der Waals surface area contributed by atoms with Gasteiger partial charge in [-0.1, -0.05) is 18.2 Å². The Morgan fingerprint density at radius 1 is 1.32 bits per heavy atom. The van der Waals surface area contributed by atoms with Crippen molar-refractivity contribution in [2.24, 2.45) is 5.73 Å². The van der Waals surface area contributed by atoms with Crippen molar-refractivity contribution in [3.63, 3.8) is 0 Å². The average Bonchev–Trinajstić information content (AvgIpc) is 3.41. The zero-order valence-electron chi connectivity index (χ0n) is 15.3. The molecular formula is C20H20N4O3S. The lowest BCUT2D eigenvalue weighted by atomic mass is 9.99. The molecule has 28 heavy (non-hydrogen) atoms. The fourth-order valence-electron chi connectivity index (χ4n) is 3.24. The summed E-state index contributed by atoms with van der Waals surface area (Å²) in [5.41, 5.74) is 7.93. The summed E-state index contributed by atoms with van der Waals surface area (Å²) in [5.74, 6) is 0.000985. The van der Waals surface area contributed by atoms with Gasteiger partial charge < -0.3 is 19.8 Å². The van der Waals surface area contributed by atoms with Gasteiger partial charge in [0.1, 0.15) is 11.2 Å². The van der Waals surface area contributed by atoms with Crippen molar-refractivity contribution >= 4 is 28.3 Å². The van der Waals surface area contributed by atoms with Gasteiger partial charge in [0.15, 0.2) is 5.58 Å². The van der Waals surface area contributed by atoms with E-state index in [4.69, 9.17) is 10.2 Å². The van der Waals surface area contributed by atoms with Crippen LogP contribution < -0.4 is 5.73 Å². The molecule has 3 aromatic heterocycles. The Morgan fingerprint density at radius 2 is 2.18 bits per heavy atom. The zero-order chi connectivity index (χ0) is 19.7. The Balaban J connectivity index is 1.80. The molecule has 0 aliphatic carbocycles. The number of aliphatic hydroxyl groups excluding tert-OH is 1. The summed E-state index contributed by atoms with van der Waals surface area (Å²) in [6.45, 7) is 1.75. The number of hydrogen-bond donors (Lipinski definition) is 2. The van der Waals surface area contributed by atoms with E-state index in [2.05, 4.69) is 9.97 Å². The molecule has 4 rings (SSSR count). The van der Waals surface area contributed by atoms with Crippen LogP contribution in [-0.2, 0) is 0 Å². The normalized spacial score (nSPS) is 13.6. The Labute approximate surface area is 165 Å². The fourth-order valence-corrected chi connectivity index (χ4v) is 3.89. The van der Waals surface area contributed by atoms with Crippen LogP contribution in [0, 0.1) is 0 Å². The number of oxazole rings is 1. The second-order valence-electron chi connectivity index (χ2n) is 6.70. The minimum Gasteiger partial charge on any atom is -0.435 e. The van der Waals surface area contributed by atoms with Crippen molar-refractivity contribution in [1.82, 2.24) is 14.5 Å². The van der Waals surface area contributed by atoms with Gasteiger partial charge in [-0.15, -0.1) is 11.3 Å². The number of thiophene rings is 1. The van der Waals surface area contributed by atoms with E-state index in [0.29, 0.717) is 24.3 Å². The minimum absolute atomic E-state index is 0.178. The van der Waals surface area contributed by atoms with Gasteiger partial charge in [-0.2, -0.15) is 0 Å². The standard InChI is InChI=1S/C20H20N4O3S/c1-12(25)7-8-16(24-10-15(19(21)26)22-11-24)13-4-2-5-14-18(13)27-20(23-14)17-6-3-9-28-17/h2-6,9-12,16,25H,7-8H2,1H3,(H2,21,26)/t12-,16?/m0/s1. The molecule has 1 unspecified atom stereocenters. The van der Waals surface area contributed by atoms with Crippen LogP contribution in [0.2, 0.25) is 0 Å². The number of benzene rings is 1. The van der Waals surface area contributed by atoms with Crippen LogP contribution in [0.25, 0.3) is 21.9 Å². The summed E-state index contributed by atoms with van der Waals surface area (Å²) in [6, 6.07) is 9.56. The molecule has 1 amide bonds. The van der Waals surface area contributed by atoms with Crippen molar-refractivity contribution in [2.75, 3.05) is 0 Å². The van der Waals surface area contributed by atoms with Crippen LogP contribution >= 0.6 is 11.3 Å². The quantitative estimate of drug-likeness (QED) is 0.496. The third-order valence-electron chi connectivity index (χ3n) is 4.61. The van der Waals surface area contributed by atoms with E-state index in [1.807, 2.05) is 40.3 Å². The molecular weight excluding hydrogens is 376 g/mol. The van der Waals surface area contributed by atoms with Crippen LogP contribution in [0.15, 0.2) is 52.7 Å². The van der Waals surface area contributed by atoms with Gasteiger partial charge in [0, 0.05) is 11.8 Å². The maximum Gasteiger partial charge on any atom is 0.268 e. The number of carbonyl (C=O) groups is 1. The van der Waals surface area contributed by atoms with Gasteiger partial charge >= 0.3 is 0 Å². The number of aromatic nitrogens is 3. The highest BCUT2D eigenvalue weighted by Gasteiger charge is 2.22. The third-order valence-corrected chi connectivity index (χ3v) is 5.47. The highest BCUT2D eigenvalue weighted by atomic mass is 32.1. The number of carbonyl (C=O) groups excluding carboxylic acids is 1. The van der Waals surface area contributed by atoms with Crippen LogP contribution in [0.1, 0.15) is 41.9 Å². The number of fused-ring (bicyclic) bond motifs is 1. The molecule has 4 aromatic rings. The molecule has 8 heteroatoms. The van der Waals surface area contributed by atoms with Crippen LogP contribution in [0.3, 0.4) is 0 Å². The molecule has 0 aliphatic heterocycles. The van der Waals surface area contributed by atoms with E-state index < -0.39 is 12.0 Å². The van der Waals surface area contributed by atoms with Gasteiger partial charge in [0.2, 0.25) is 5.89 Å². The van der Waals surface area contributed by atoms with E-state index in [9.17, 15) is 9.90 Å². The molecule has 144 valence electrons. The monoisotopic (exact) mass is 396 g/mol. The van der Waals surface area contributed by atoms with E-state index in [0.717, 1.165) is 16.0 Å². The molecule has 0 fully saturated rings. The number of imidazole rings is 1. The third kappa shape index (κ3) is 3.56. The fraction of sp³-hybridized carbons (Fsp3) is 0.250. The maximum absolute atomic E-state index is 11.5. The molecule has 0 saturated heterocycles. The molecule has 3 N–H and O–H groups in total. The molecule has 3 heterocycles. The van der Waals surface area contributed by atoms with Crippen molar-refractivity contribution in [2.45, 2.75) is 31.9 Å². The molecule has 0 bridgehead atoms. The molecule has 1 aromatic carbocycles. The van der Waals surface area contributed by atoms with Crippen molar-refractivity contribution in [1.29, 1.82) is 0 Å². The van der Waals surface area contributed by atoms with Crippen LogP contribution in [0.4, 0.5) is 0 Å². The van der Waals surface area contributed by atoms with E-state index in [1.54, 1.807) is 30.8 Å². The number of primary amides is 1. The maximum atomic E-state index is 11.5. The highest BCUT2D eigenvalue weighted by Crippen LogP contribution is 2.34. The molecule has 0 radical (unpaired) electrons. The first kappa shape index (κ1) is 18.4. The zero-order valence-corrected chi connectivity index (χ0v) is 16.1. The molecule has 2 atom stereocenters. The Hall–Kier alpha value is -2.97. The number of nitrogens with zero attached hydrogens (tertiary/aromatic N) is 3.